The third-order valence-corrected chi connectivity index (χ3v) is 5.22. The van der Waals surface area contributed by atoms with E-state index < -0.39 is 10.0 Å². The molecule has 0 aliphatic heterocycles. The molecule has 7 nitrogen and oxygen atoms in total. The molecule has 8 heteroatoms. The molecule has 0 saturated carbocycles. The number of rotatable bonds is 8. The van der Waals surface area contributed by atoms with Crippen molar-refractivity contribution in [2.75, 3.05) is 19.3 Å². The Morgan fingerprint density at radius 1 is 1.31 bits per heavy atom. The first-order chi connectivity index (χ1) is 12.4. The van der Waals surface area contributed by atoms with Gasteiger partial charge in [0.25, 0.3) is 0 Å². The van der Waals surface area contributed by atoms with Gasteiger partial charge in [0, 0.05) is 24.4 Å². The largest absolute Gasteiger partial charge is 0.330 e. The quantitative estimate of drug-likeness (QED) is 0.586. The van der Waals surface area contributed by atoms with Crippen molar-refractivity contribution in [1.29, 1.82) is 0 Å². The summed E-state index contributed by atoms with van der Waals surface area (Å²) in [6, 6.07) is 8.04. The minimum atomic E-state index is -3.16. The number of nitrogens with zero attached hydrogens (tertiary/aromatic N) is 3. The van der Waals surface area contributed by atoms with Crippen molar-refractivity contribution in [3.8, 4) is 0 Å². The second kappa shape index (κ2) is 7.69. The Hall–Kier alpha value is -2.03. The monoisotopic (exact) mass is 375 g/mol. The molecule has 2 aromatic heterocycles. The molecule has 140 valence electrons. The summed E-state index contributed by atoms with van der Waals surface area (Å²) in [7, 11) is -3.16. The number of hydrogen-bond donors (Lipinski definition) is 2. The van der Waals surface area contributed by atoms with Crippen LogP contribution in [0.25, 0.3) is 21.9 Å². The number of fused-ring (bicyclic) bond motifs is 3. The first kappa shape index (κ1) is 18.8. The lowest BCUT2D eigenvalue weighted by Gasteiger charge is -2.13. The van der Waals surface area contributed by atoms with Gasteiger partial charge >= 0.3 is 0 Å². The molecule has 2 heterocycles. The van der Waals surface area contributed by atoms with E-state index in [1.165, 1.54) is 6.26 Å². The predicted octanol–water partition coefficient (Wildman–Crippen LogP) is 1.98. The fourth-order valence-corrected chi connectivity index (χ4v) is 3.73. The number of nitrogens with one attached hydrogen (secondary N) is 1. The molecule has 0 fully saturated rings. The fourth-order valence-electron chi connectivity index (χ4n) is 3.21. The summed E-state index contributed by atoms with van der Waals surface area (Å²) in [5, 5.41) is 1.06. The number of sulfonamides is 1. The molecular weight excluding hydrogens is 350 g/mol. The van der Waals surface area contributed by atoms with Gasteiger partial charge < -0.3 is 10.3 Å². The number of aryl methyl sites for hydroxylation is 1. The molecule has 3 rings (SSSR count). The van der Waals surface area contributed by atoms with Gasteiger partial charge in [-0.3, -0.25) is 4.98 Å². The Morgan fingerprint density at radius 3 is 2.81 bits per heavy atom. The standard InChI is InChI=1S/C18H25N5O2S/c1-13(8-9-19)16-17-18(14-6-3-4-7-15(14)22-16)23(12-20-17)11-5-10-21-26(2,24)25/h3-4,6-7,12-13,21H,5,8-11,19H2,1-2H3. The maximum Gasteiger partial charge on any atom is 0.208 e. The second-order valence-corrected chi connectivity index (χ2v) is 8.48. The molecule has 0 aliphatic carbocycles. The zero-order chi connectivity index (χ0) is 18.7. The molecule has 1 aromatic carbocycles. The smallest absolute Gasteiger partial charge is 0.208 e. The number of para-hydroxylation sites is 1. The second-order valence-electron chi connectivity index (χ2n) is 6.65. The zero-order valence-electron chi connectivity index (χ0n) is 15.1. The summed E-state index contributed by atoms with van der Waals surface area (Å²) in [6.45, 7) is 3.81. The van der Waals surface area contributed by atoms with Gasteiger partial charge in [0.1, 0.15) is 5.52 Å². The third kappa shape index (κ3) is 4.03. The maximum absolute atomic E-state index is 11.2. The van der Waals surface area contributed by atoms with Gasteiger partial charge in [-0.15, -0.1) is 0 Å². The number of benzene rings is 1. The average molecular weight is 375 g/mol. The number of aromatic nitrogens is 3. The molecule has 0 saturated heterocycles. The van der Waals surface area contributed by atoms with Crippen molar-refractivity contribution < 1.29 is 8.42 Å². The SMILES string of the molecule is CC(CCN)c1nc2ccccc2c2c1ncn2CCCNS(C)(=O)=O. The van der Waals surface area contributed by atoms with Crippen LogP contribution in [-0.2, 0) is 16.6 Å². The van der Waals surface area contributed by atoms with Gasteiger partial charge in [-0.2, -0.15) is 0 Å². The topological polar surface area (TPSA) is 103 Å². The van der Waals surface area contributed by atoms with Crippen LogP contribution in [0.5, 0.6) is 0 Å². The zero-order valence-corrected chi connectivity index (χ0v) is 16.0. The van der Waals surface area contributed by atoms with Crippen LogP contribution >= 0.6 is 0 Å². The highest BCUT2D eigenvalue weighted by molar-refractivity contribution is 7.88. The Labute approximate surface area is 153 Å². The van der Waals surface area contributed by atoms with Gasteiger partial charge in [-0.25, -0.2) is 18.1 Å². The molecule has 0 radical (unpaired) electrons. The lowest BCUT2D eigenvalue weighted by Crippen LogP contribution is -2.23. The van der Waals surface area contributed by atoms with Gasteiger partial charge in [0.15, 0.2) is 0 Å². The fraction of sp³-hybridized carbons (Fsp3) is 0.444. The van der Waals surface area contributed by atoms with Crippen molar-refractivity contribution in [3.05, 3.63) is 36.3 Å². The molecule has 0 aliphatic rings. The Kier molecular flexibility index (Phi) is 5.55. The summed E-state index contributed by atoms with van der Waals surface area (Å²) in [5.41, 5.74) is 9.60. The number of imidazole rings is 1. The highest BCUT2D eigenvalue weighted by atomic mass is 32.2. The number of nitrogens with two attached hydrogens (primary N) is 1. The van der Waals surface area contributed by atoms with E-state index in [0.29, 0.717) is 26.1 Å². The molecule has 0 amide bonds. The van der Waals surface area contributed by atoms with E-state index in [2.05, 4.69) is 27.3 Å². The summed E-state index contributed by atoms with van der Waals surface area (Å²) < 4.78 is 27.0. The summed E-state index contributed by atoms with van der Waals surface area (Å²) in [5.74, 6) is 0.224. The third-order valence-electron chi connectivity index (χ3n) is 4.49. The van der Waals surface area contributed by atoms with E-state index in [4.69, 9.17) is 10.7 Å². The van der Waals surface area contributed by atoms with Crippen LogP contribution in [0.2, 0.25) is 0 Å². The normalized spacial score (nSPS) is 13.5. The van der Waals surface area contributed by atoms with Crippen molar-refractivity contribution in [3.63, 3.8) is 0 Å². The van der Waals surface area contributed by atoms with Crippen LogP contribution in [0, 0.1) is 0 Å². The van der Waals surface area contributed by atoms with Crippen LogP contribution in [0.1, 0.15) is 31.4 Å². The lowest BCUT2D eigenvalue weighted by molar-refractivity contribution is 0.577. The molecular formula is C18H25N5O2S. The number of pyridine rings is 1. The Balaban J connectivity index is 2.00. The van der Waals surface area contributed by atoms with Gasteiger partial charge in [0.05, 0.1) is 29.3 Å². The van der Waals surface area contributed by atoms with Crippen LogP contribution in [0.3, 0.4) is 0 Å². The van der Waals surface area contributed by atoms with Gasteiger partial charge in [0.2, 0.25) is 10.0 Å². The van der Waals surface area contributed by atoms with E-state index in [9.17, 15) is 8.42 Å². The molecule has 0 spiro atoms. The summed E-state index contributed by atoms with van der Waals surface area (Å²) in [4.78, 5) is 9.46. The van der Waals surface area contributed by atoms with Gasteiger partial charge in [-0.05, 0) is 25.5 Å². The van der Waals surface area contributed by atoms with E-state index in [-0.39, 0.29) is 5.92 Å². The van der Waals surface area contributed by atoms with Crippen molar-refractivity contribution in [1.82, 2.24) is 19.3 Å². The van der Waals surface area contributed by atoms with Crippen LogP contribution < -0.4 is 10.5 Å². The maximum atomic E-state index is 11.2. The van der Waals surface area contributed by atoms with Crippen LogP contribution in [0.15, 0.2) is 30.6 Å². The molecule has 3 N–H and O–H groups in total. The van der Waals surface area contributed by atoms with Crippen molar-refractivity contribution >= 4 is 32.0 Å². The Bertz CT molecular complexity index is 1010. The van der Waals surface area contributed by atoms with Crippen molar-refractivity contribution in [2.24, 2.45) is 5.73 Å². The average Bonchev–Trinajstić information content (AvgIpc) is 3.01. The van der Waals surface area contributed by atoms with Crippen LogP contribution in [0.4, 0.5) is 0 Å². The summed E-state index contributed by atoms with van der Waals surface area (Å²) >= 11 is 0. The van der Waals surface area contributed by atoms with Crippen molar-refractivity contribution in [2.45, 2.75) is 32.2 Å². The first-order valence-corrected chi connectivity index (χ1v) is 10.7. The molecule has 3 aromatic rings. The van der Waals surface area contributed by atoms with E-state index in [1.54, 1.807) is 0 Å². The minimum Gasteiger partial charge on any atom is -0.330 e. The molecule has 26 heavy (non-hydrogen) atoms. The molecule has 1 atom stereocenters. The van der Waals surface area contributed by atoms with Gasteiger partial charge in [-0.1, -0.05) is 25.1 Å². The summed E-state index contributed by atoms with van der Waals surface area (Å²) in [6.07, 6.45) is 4.52. The predicted molar refractivity (Wildman–Crippen MR) is 105 cm³/mol. The lowest BCUT2D eigenvalue weighted by atomic mass is 10.0. The minimum absolute atomic E-state index is 0.224. The van der Waals surface area contributed by atoms with E-state index >= 15 is 0 Å². The molecule has 0 bridgehead atoms. The Morgan fingerprint density at radius 2 is 2.08 bits per heavy atom. The van der Waals surface area contributed by atoms with E-state index in [1.807, 2.05) is 24.5 Å². The highest BCUT2D eigenvalue weighted by Gasteiger charge is 2.17. The highest BCUT2D eigenvalue weighted by Crippen LogP contribution is 2.30. The van der Waals surface area contributed by atoms with Crippen LogP contribution in [-0.4, -0.2) is 42.3 Å². The first-order valence-electron chi connectivity index (χ1n) is 8.79. The van der Waals surface area contributed by atoms with E-state index in [0.717, 1.165) is 34.1 Å². The number of hydrogen-bond acceptors (Lipinski definition) is 5. The molecule has 1 unspecified atom stereocenters.